The number of carbonyl (C=O) groups excluding carboxylic acids is 1. The monoisotopic (exact) mass is 732 g/mol. The standard InChI is InChI=1S/C27H33NO15P2.HO2P/c1-15-11-17(14-39-21(29)13-16-6-8-19-18(12-16)5-4-10-28-19)7-9-20(15)41-45(35,36)43-26-23(37-2)22(30)24(40-31)27(25(26)38-3)42-44(32,33)34;1-3-2/h4-12,22-27,30-31H,13-14H2,1-3H3,(H,35,36)(H2,32,33,34);(H,1,2)/p-5/t22-,23+,24+,25-,26+,27-;/m0./s1. The van der Waals surface area contributed by atoms with Crippen LogP contribution in [-0.4, -0.2) is 66.9 Å². The molecule has 1 N–H and O–H groups in total. The van der Waals surface area contributed by atoms with Crippen LogP contribution < -0.4 is 29.4 Å². The lowest BCUT2D eigenvalue weighted by Crippen LogP contribution is -2.67. The number of ether oxygens (including phenoxy) is 3. The van der Waals surface area contributed by atoms with Crippen LogP contribution in [0.4, 0.5) is 0 Å². The van der Waals surface area contributed by atoms with E-state index in [1.165, 1.54) is 25.1 Å². The summed E-state index contributed by atoms with van der Waals surface area (Å²) in [5.74, 6) is -0.661. The smallest absolute Gasteiger partial charge is 0.320 e. The summed E-state index contributed by atoms with van der Waals surface area (Å²) < 4.78 is 62.7. The Morgan fingerprint density at radius 1 is 0.938 bits per heavy atom. The van der Waals surface area contributed by atoms with Crippen molar-refractivity contribution in [2.45, 2.75) is 56.6 Å². The minimum absolute atomic E-state index is 0.0251. The largest absolute Gasteiger partial charge is 0.790 e. The van der Waals surface area contributed by atoms with Crippen LogP contribution in [0.5, 0.6) is 5.75 Å². The van der Waals surface area contributed by atoms with Crippen molar-refractivity contribution >= 4 is 41.2 Å². The van der Waals surface area contributed by atoms with Crippen molar-refractivity contribution in [2.24, 2.45) is 0 Å². The van der Waals surface area contributed by atoms with Crippen molar-refractivity contribution in [2.75, 3.05) is 14.2 Å². The Morgan fingerprint density at radius 2 is 1.58 bits per heavy atom. The van der Waals surface area contributed by atoms with Crippen LogP contribution in [-0.2, 0) is 59.7 Å². The number of carbonyl (C=O) groups is 1. The lowest BCUT2D eigenvalue weighted by molar-refractivity contribution is -0.710. The first-order valence-electron chi connectivity index (χ1n) is 13.6. The minimum Gasteiger partial charge on any atom is -0.790 e. The first kappa shape index (κ1) is 39.7. The Labute approximate surface area is 275 Å². The van der Waals surface area contributed by atoms with E-state index in [4.69, 9.17) is 32.7 Å². The number of rotatable bonds is 13. The molecule has 0 amide bonds. The van der Waals surface area contributed by atoms with Crippen LogP contribution in [0, 0.1) is 6.92 Å². The van der Waals surface area contributed by atoms with Crippen molar-refractivity contribution in [1.82, 2.24) is 4.98 Å². The molecule has 7 atom stereocenters. The third-order valence-corrected chi connectivity index (χ3v) is 8.41. The van der Waals surface area contributed by atoms with Crippen molar-refractivity contribution in [3.63, 3.8) is 0 Å². The number of benzene rings is 2. The van der Waals surface area contributed by atoms with Gasteiger partial charge < -0.3 is 67.2 Å². The molecular formula is C27H29NO17P3-5. The van der Waals surface area contributed by atoms with Gasteiger partial charge in [-0.15, -0.1) is 0 Å². The van der Waals surface area contributed by atoms with E-state index >= 15 is 0 Å². The summed E-state index contributed by atoms with van der Waals surface area (Å²) in [7, 11) is -10.2. The summed E-state index contributed by atoms with van der Waals surface area (Å²) in [5.41, 5.74) is 2.37. The number of nitrogens with zero attached hydrogens (tertiary/aromatic N) is 1. The first-order chi connectivity index (χ1) is 22.7. The third-order valence-electron chi connectivity index (χ3n) is 6.99. The molecule has 0 radical (unpaired) electrons. The fourth-order valence-corrected chi connectivity index (χ4v) is 6.56. The number of pyridine rings is 1. The SMILES string of the molecule is CO[C@@H]1[C@@H](OP(=O)([O-])[O-])[C@H](O[O-])[C@@H](O)[C@@H](OC)[C@H]1OP(=O)([O-])Oc1ccc(COC(=O)Cc2ccc3ncccc3c2)cc1C.O=P[O-]. The van der Waals surface area contributed by atoms with E-state index in [1.807, 2.05) is 12.1 Å². The maximum absolute atomic E-state index is 13.0. The molecule has 0 aliphatic heterocycles. The van der Waals surface area contributed by atoms with Crippen LogP contribution in [0.2, 0.25) is 0 Å². The van der Waals surface area contributed by atoms with Gasteiger partial charge in [0.05, 0.1) is 28.4 Å². The quantitative estimate of drug-likeness (QED) is 0.0944. The summed E-state index contributed by atoms with van der Waals surface area (Å²) in [6.07, 6.45) is -9.70. The highest BCUT2D eigenvalue weighted by atomic mass is 31.2. The highest BCUT2D eigenvalue weighted by Crippen LogP contribution is 2.47. The van der Waals surface area contributed by atoms with Crippen molar-refractivity contribution in [3.05, 3.63) is 71.4 Å². The number of aliphatic hydroxyl groups excluding tert-OH is 1. The molecule has 0 spiro atoms. The van der Waals surface area contributed by atoms with Crippen LogP contribution in [0.1, 0.15) is 16.7 Å². The van der Waals surface area contributed by atoms with E-state index in [-0.39, 0.29) is 18.8 Å². The number of phosphoric ester groups is 2. The second-order valence-corrected chi connectivity index (χ2v) is 12.7. The molecular weight excluding hydrogens is 703 g/mol. The summed E-state index contributed by atoms with van der Waals surface area (Å²) in [5, 5.41) is 22.7. The molecule has 1 aromatic heterocycles. The van der Waals surface area contributed by atoms with Gasteiger partial charge in [0.1, 0.15) is 49.0 Å². The van der Waals surface area contributed by atoms with E-state index in [0.29, 0.717) is 11.1 Å². The molecule has 2 aromatic carbocycles. The van der Waals surface area contributed by atoms with Crippen LogP contribution in [0.3, 0.4) is 0 Å². The molecule has 4 rings (SSSR count). The highest BCUT2D eigenvalue weighted by molar-refractivity contribution is 7.46. The number of hydrogen-bond donors (Lipinski definition) is 1. The Kier molecular flexibility index (Phi) is 14.7. The molecule has 3 aromatic rings. The van der Waals surface area contributed by atoms with E-state index < -0.39 is 66.9 Å². The molecule has 48 heavy (non-hydrogen) atoms. The highest BCUT2D eigenvalue weighted by Gasteiger charge is 2.54. The fraction of sp³-hybridized carbons (Fsp3) is 0.407. The molecule has 1 fully saturated rings. The average Bonchev–Trinajstić information content (AvgIpc) is 3.01. The van der Waals surface area contributed by atoms with Gasteiger partial charge in [-0.3, -0.25) is 18.9 Å². The van der Waals surface area contributed by atoms with Gasteiger partial charge in [-0.2, -0.15) is 0 Å². The number of hydrogen-bond acceptors (Lipinski definition) is 18. The van der Waals surface area contributed by atoms with Crippen LogP contribution in [0.25, 0.3) is 10.9 Å². The summed E-state index contributed by atoms with van der Waals surface area (Å²) in [4.78, 5) is 64.4. The third kappa shape index (κ3) is 10.9. The Hall–Kier alpha value is -2.76. The van der Waals surface area contributed by atoms with Gasteiger partial charge in [0, 0.05) is 25.8 Å². The number of methoxy groups -OCH3 is 2. The lowest BCUT2D eigenvalue weighted by Gasteiger charge is -2.51. The van der Waals surface area contributed by atoms with Gasteiger partial charge in [-0.1, -0.05) is 18.2 Å². The van der Waals surface area contributed by atoms with Gasteiger partial charge in [-0.25, -0.2) is 0 Å². The average molecular weight is 732 g/mol. The molecule has 0 saturated heterocycles. The zero-order valence-electron chi connectivity index (χ0n) is 25.3. The van der Waals surface area contributed by atoms with Crippen LogP contribution in [0.15, 0.2) is 54.7 Å². The van der Waals surface area contributed by atoms with E-state index in [9.17, 15) is 39.0 Å². The summed E-state index contributed by atoms with van der Waals surface area (Å²) in [6.45, 7) is 1.41. The Morgan fingerprint density at radius 3 is 2.19 bits per heavy atom. The molecule has 1 aliphatic rings. The Balaban J connectivity index is 0.00000201. The van der Waals surface area contributed by atoms with Crippen LogP contribution >= 0.6 is 24.3 Å². The van der Waals surface area contributed by atoms with E-state index in [1.54, 1.807) is 24.4 Å². The molecule has 1 unspecified atom stereocenters. The topological polar surface area (TPSA) is 281 Å². The number of aryl methyl sites for hydroxylation is 1. The number of phosphoric acid groups is 2. The molecule has 18 nitrogen and oxygen atoms in total. The molecule has 1 aliphatic carbocycles. The van der Waals surface area contributed by atoms with E-state index in [0.717, 1.165) is 30.7 Å². The van der Waals surface area contributed by atoms with Crippen molar-refractivity contribution in [3.8, 4) is 5.75 Å². The zero-order chi connectivity index (χ0) is 35.6. The summed E-state index contributed by atoms with van der Waals surface area (Å²) >= 11 is 0. The van der Waals surface area contributed by atoms with Gasteiger partial charge in [0.2, 0.25) is 0 Å². The zero-order valence-corrected chi connectivity index (χ0v) is 28.0. The maximum atomic E-state index is 13.0. The Bertz CT molecular complexity index is 1640. The number of aromatic nitrogens is 1. The normalized spacial score (nSPS) is 23.9. The first-order valence-corrected chi connectivity index (χ1v) is 17.3. The second-order valence-electron chi connectivity index (χ2n) is 10.1. The van der Waals surface area contributed by atoms with Gasteiger partial charge in [0.25, 0.3) is 0 Å². The lowest BCUT2D eigenvalue weighted by atomic mass is 9.84. The van der Waals surface area contributed by atoms with Crippen molar-refractivity contribution in [1.29, 1.82) is 0 Å². The molecule has 0 bridgehead atoms. The number of fused-ring (bicyclic) bond motifs is 1. The minimum atomic E-state index is -5.79. The fourth-order valence-electron chi connectivity index (χ4n) is 4.99. The van der Waals surface area contributed by atoms with Gasteiger partial charge in [0.15, 0.2) is 0 Å². The predicted molar refractivity (Wildman–Crippen MR) is 152 cm³/mol. The van der Waals surface area contributed by atoms with Crippen molar-refractivity contribution < 1.29 is 81.1 Å². The molecule has 1 saturated carbocycles. The number of esters is 1. The maximum Gasteiger partial charge on any atom is 0.320 e. The number of aliphatic hydroxyl groups is 1. The second kappa shape index (κ2) is 17.8. The van der Waals surface area contributed by atoms with Gasteiger partial charge in [-0.05, 0) is 53.9 Å². The molecule has 21 heteroatoms. The predicted octanol–water partition coefficient (Wildman–Crippen LogP) is -1.11. The molecule has 264 valence electrons. The molecule has 1 heterocycles. The van der Waals surface area contributed by atoms with E-state index in [2.05, 4.69) is 14.4 Å². The summed E-state index contributed by atoms with van der Waals surface area (Å²) in [6, 6.07) is 13.4. The van der Waals surface area contributed by atoms with Gasteiger partial charge >= 0.3 is 13.8 Å².